The van der Waals surface area contributed by atoms with Crippen LogP contribution in [0, 0.1) is 5.92 Å². The molecule has 1 aliphatic rings. The minimum Gasteiger partial charge on any atom is -0.396 e. The predicted molar refractivity (Wildman–Crippen MR) is 47.3 cm³/mol. The minimum atomic E-state index is 0.308. The first-order valence-electron chi connectivity index (χ1n) is 4.36. The fourth-order valence-corrected chi connectivity index (χ4v) is 1.33. The van der Waals surface area contributed by atoms with Crippen LogP contribution in [0.5, 0.6) is 0 Å². The summed E-state index contributed by atoms with van der Waals surface area (Å²) in [4.78, 5) is 0. The van der Waals surface area contributed by atoms with Gasteiger partial charge in [-0.3, -0.25) is 0 Å². The molecule has 0 heterocycles. The third-order valence-electron chi connectivity index (χ3n) is 2.01. The van der Waals surface area contributed by atoms with Crippen LogP contribution in [0.15, 0.2) is 24.3 Å². The van der Waals surface area contributed by atoms with E-state index in [9.17, 15) is 0 Å². The molecule has 1 unspecified atom stereocenters. The van der Waals surface area contributed by atoms with Gasteiger partial charge < -0.3 is 5.11 Å². The van der Waals surface area contributed by atoms with E-state index in [0.717, 1.165) is 19.3 Å². The van der Waals surface area contributed by atoms with Crippen molar-refractivity contribution in [1.82, 2.24) is 0 Å². The summed E-state index contributed by atoms with van der Waals surface area (Å²) in [5.74, 6) is 0.566. The van der Waals surface area contributed by atoms with Crippen LogP contribution >= 0.6 is 0 Å². The van der Waals surface area contributed by atoms with E-state index in [4.69, 9.17) is 5.11 Å². The van der Waals surface area contributed by atoms with Crippen molar-refractivity contribution in [3.8, 4) is 0 Å². The molecule has 0 aliphatic heterocycles. The van der Waals surface area contributed by atoms with Crippen LogP contribution in [0.25, 0.3) is 0 Å². The monoisotopic (exact) mass is 152 g/mol. The summed E-state index contributed by atoms with van der Waals surface area (Å²) in [6.45, 7) is 0.308. The smallest absolute Gasteiger partial charge is 0.0436 e. The highest BCUT2D eigenvalue weighted by Gasteiger charge is 2.01. The lowest BCUT2D eigenvalue weighted by atomic mass is 9.98. The van der Waals surface area contributed by atoms with Crippen LogP contribution < -0.4 is 0 Å². The fraction of sp³-hybridized carbons (Fsp3) is 0.600. The van der Waals surface area contributed by atoms with Gasteiger partial charge in [-0.05, 0) is 31.6 Å². The molecule has 0 saturated carbocycles. The van der Waals surface area contributed by atoms with Crippen molar-refractivity contribution in [2.24, 2.45) is 5.92 Å². The lowest BCUT2D eigenvalue weighted by Gasteiger charge is -2.09. The number of hydrogen-bond donors (Lipinski definition) is 1. The first kappa shape index (κ1) is 8.54. The van der Waals surface area contributed by atoms with Gasteiger partial charge in [-0.25, -0.2) is 0 Å². The SMILES string of the molecule is OCCC1/C=C\CC/C=C\C1. The fourth-order valence-electron chi connectivity index (χ4n) is 1.33. The van der Waals surface area contributed by atoms with Gasteiger partial charge in [0, 0.05) is 6.61 Å². The number of hydrogen-bond acceptors (Lipinski definition) is 1. The quantitative estimate of drug-likeness (QED) is 0.602. The van der Waals surface area contributed by atoms with Crippen LogP contribution in [0.1, 0.15) is 25.7 Å². The molecule has 0 aromatic carbocycles. The molecule has 1 aliphatic carbocycles. The zero-order valence-electron chi connectivity index (χ0n) is 6.87. The molecule has 0 radical (unpaired) electrons. The summed E-state index contributed by atoms with van der Waals surface area (Å²) in [6, 6.07) is 0. The van der Waals surface area contributed by atoms with E-state index >= 15 is 0 Å². The molecule has 0 saturated heterocycles. The predicted octanol–water partition coefficient (Wildman–Crippen LogP) is 2.28. The van der Waals surface area contributed by atoms with Gasteiger partial charge in [0.1, 0.15) is 0 Å². The van der Waals surface area contributed by atoms with Gasteiger partial charge in [-0.2, -0.15) is 0 Å². The highest BCUT2D eigenvalue weighted by atomic mass is 16.3. The summed E-state index contributed by atoms with van der Waals surface area (Å²) in [5, 5.41) is 8.72. The molecule has 11 heavy (non-hydrogen) atoms. The van der Waals surface area contributed by atoms with E-state index in [2.05, 4.69) is 24.3 Å². The summed E-state index contributed by atoms with van der Waals surface area (Å²) >= 11 is 0. The lowest BCUT2D eigenvalue weighted by Crippen LogP contribution is -1.99. The van der Waals surface area contributed by atoms with Gasteiger partial charge in [0.2, 0.25) is 0 Å². The maximum Gasteiger partial charge on any atom is 0.0436 e. The van der Waals surface area contributed by atoms with Crippen LogP contribution in [-0.4, -0.2) is 11.7 Å². The second-order valence-electron chi connectivity index (χ2n) is 2.98. The van der Waals surface area contributed by atoms with Crippen LogP contribution in [0.4, 0.5) is 0 Å². The van der Waals surface area contributed by atoms with Crippen molar-refractivity contribution >= 4 is 0 Å². The maximum absolute atomic E-state index is 8.72. The van der Waals surface area contributed by atoms with Gasteiger partial charge in [-0.1, -0.05) is 24.3 Å². The van der Waals surface area contributed by atoms with Crippen molar-refractivity contribution in [1.29, 1.82) is 0 Å². The molecule has 1 rings (SSSR count). The van der Waals surface area contributed by atoms with Gasteiger partial charge >= 0.3 is 0 Å². The van der Waals surface area contributed by atoms with E-state index < -0.39 is 0 Å². The highest BCUT2D eigenvalue weighted by Crippen LogP contribution is 2.14. The third kappa shape index (κ3) is 3.38. The Bertz CT molecular complexity index is 147. The van der Waals surface area contributed by atoms with Gasteiger partial charge in [0.15, 0.2) is 0 Å². The molecule has 1 N–H and O–H groups in total. The largest absolute Gasteiger partial charge is 0.396 e. The average Bonchev–Trinajstić information content (AvgIpc) is 1.94. The third-order valence-corrected chi connectivity index (χ3v) is 2.01. The molecule has 0 aromatic rings. The van der Waals surface area contributed by atoms with Crippen LogP contribution in [-0.2, 0) is 0 Å². The highest BCUT2D eigenvalue weighted by molar-refractivity contribution is 4.98. The topological polar surface area (TPSA) is 20.2 Å². The molecule has 0 bridgehead atoms. The second-order valence-corrected chi connectivity index (χ2v) is 2.98. The number of rotatable bonds is 2. The minimum absolute atomic E-state index is 0.308. The first-order chi connectivity index (χ1) is 5.43. The molecule has 0 aromatic heterocycles. The Hall–Kier alpha value is -0.560. The summed E-state index contributed by atoms with van der Waals surface area (Å²) in [5.41, 5.74) is 0. The molecule has 1 nitrogen and oxygen atoms in total. The molecular weight excluding hydrogens is 136 g/mol. The normalized spacial score (nSPS) is 30.5. The van der Waals surface area contributed by atoms with Crippen molar-refractivity contribution < 1.29 is 5.11 Å². The molecule has 0 fully saturated rings. The van der Waals surface area contributed by atoms with Crippen LogP contribution in [0.3, 0.4) is 0 Å². The molecule has 62 valence electrons. The molecule has 1 heteroatoms. The summed E-state index contributed by atoms with van der Waals surface area (Å²) < 4.78 is 0. The molecule has 1 atom stereocenters. The molecule has 0 spiro atoms. The Morgan fingerprint density at radius 1 is 1.18 bits per heavy atom. The molecule has 0 amide bonds. The zero-order valence-corrected chi connectivity index (χ0v) is 6.87. The number of allylic oxidation sites excluding steroid dienone is 4. The van der Waals surface area contributed by atoms with Crippen molar-refractivity contribution in [3.63, 3.8) is 0 Å². The lowest BCUT2D eigenvalue weighted by molar-refractivity contribution is 0.270. The van der Waals surface area contributed by atoms with Crippen molar-refractivity contribution in [3.05, 3.63) is 24.3 Å². The first-order valence-corrected chi connectivity index (χ1v) is 4.36. The number of aliphatic hydroxyl groups excluding tert-OH is 1. The van der Waals surface area contributed by atoms with E-state index in [1.54, 1.807) is 0 Å². The Morgan fingerprint density at radius 2 is 2.00 bits per heavy atom. The maximum atomic E-state index is 8.72. The van der Waals surface area contributed by atoms with Crippen LogP contribution in [0.2, 0.25) is 0 Å². The van der Waals surface area contributed by atoms with Crippen molar-refractivity contribution in [2.45, 2.75) is 25.7 Å². The summed E-state index contributed by atoms with van der Waals surface area (Å²) in [7, 11) is 0. The standard InChI is InChI=1S/C10H16O/c11-9-8-10-6-4-2-1-3-5-7-10/h2,4-5,7,10-11H,1,3,6,8-9H2/b4-2-,7-5-. The Balaban J connectivity index is 2.36. The van der Waals surface area contributed by atoms with Gasteiger partial charge in [0.25, 0.3) is 0 Å². The second kappa shape index (κ2) is 5.14. The zero-order chi connectivity index (χ0) is 7.94. The Kier molecular flexibility index (Phi) is 3.99. The van der Waals surface area contributed by atoms with Gasteiger partial charge in [0.05, 0.1) is 0 Å². The molecular formula is C10H16O. The number of aliphatic hydroxyl groups is 1. The van der Waals surface area contributed by atoms with E-state index in [-0.39, 0.29) is 0 Å². The van der Waals surface area contributed by atoms with E-state index in [0.29, 0.717) is 12.5 Å². The average molecular weight is 152 g/mol. The van der Waals surface area contributed by atoms with Crippen molar-refractivity contribution in [2.75, 3.05) is 6.61 Å². The van der Waals surface area contributed by atoms with Gasteiger partial charge in [-0.15, -0.1) is 0 Å². The summed E-state index contributed by atoms with van der Waals surface area (Å²) in [6.07, 6.45) is 13.2. The van der Waals surface area contributed by atoms with E-state index in [1.165, 1.54) is 6.42 Å². The Labute approximate surface area is 68.4 Å². The Morgan fingerprint density at radius 3 is 2.82 bits per heavy atom. The van der Waals surface area contributed by atoms with E-state index in [1.807, 2.05) is 0 Å².